The Bertz CT molecular complexity index is 196. The van der Waals surface area contributed by atoms with E-state index in [1.807, 2.05) is 0 Å². The van der Waals surface area contributed by atoms with Crippen molar-refractivity contribution in [1.82, 2.24) is 5.32 Å². The highest BCUT2D eigenvalue weighted by Gasteiger charge is 2.30. The van der Waals surface area contributed by atoms with Crippen molar-refractivity contribution in [3.8, 4) is 0 Å². The molecule has 0 aromatic carbocycles. The lowest BCUT2D eigenvalue weighted by atomic mass is 10.00. The van der Waals surface area contributed by atoms with E-state index in [2.05, 4.69) is 17.0 Å². The monoisotopic (exact) mass is 201 g/mol. The molecular formula is C10H19NO3. The fourth-order valence-corrected chi connectivity index (χ4v) is 2.06. The second-order valence-corrected chi connectivity index (χ2v) is 4.05. The van der Waals surface area contributed by atoms with Crippen LogP contribution in [0.5, 0.6) is 0 Å². The molecule has 0 saturated heterocycles. The van der Waals surface area contributed by atoms with Crippen LogP contribution in [0.15, 0.2) is 0 Å². The van der Waals surface area contributed by atoms with E-state index in [4.69, 9.17) is 5.11 Å². The summed E-state index contributed by atoms with van der Waals surface area (Å²) in [4.78, 5) is 10.9. The highest BCUT2D eigenvalue weighted by Crippen LogP contribution is 2.30. The lowest BCUT2D eigenvalue weighted by molar-refractivity contribution is -0.139. The largest absolute Gasteiger partial charge is 0.468 e. The molecule has 1 aliphatic rings. The molecule has 0 aromatic heterocycles. The third-order valence-electron chi connectivity index (χ3n) is 3.05. The zero-order valence-electron chi connectivity index (χ0n) is 8.82. The summed E-state index contributed by atoms with van der Waals surface area (Å²) in [5.74, 6) is 0.686. The Kier molecular flexibility index (Phi) is 4.35. The van der Waals surface area contributed by atoms with Gasteiger partial charge >= 0.3 is 5.97 Å². The number of hydrogen-bond donors (Lipinski definition) is 2. The van der Waals surface area contributed by atoms with E-state index in [0.29, 0.717) is 17.9 Å². The second-order valence-electron chi connectivity index (χ2n) is 4.05. The minimum absolute atomic E-state index is 0.231. The summed E-state index contributed by atoms with van der Waals surface area (Å²) in [7, 11) is 1.39. The number of aliphatic hydroxyl groups is 1. The molecule has 14 heavy (non-hydrogen) atoms. The summed E-state index contributed by atoms with van der Waals surface area (Å²) in [5, 5.41) is 12.2. The summed E-state index contributed by atoms with van der Waals surface area (Å²) in [6.07, 6.45) is 1.98. The quantitative estimate of drug-likeness (QED) is 0.636. The van der Waals surface area contributed by atoms with Crippen LogP contribution in [0.2, 0.25) is 0 Å². The van der Waals surface area contributed by atoms with E-state index < -0.39 is 0 Å². The number of rotatable bonds is 4. The lowest BCUT2D eigenvalue weighted by Gasteiger charge is -2.10. The first kappa shape index (κ1) is 11.5. The molecule has 0 bridgehead atoms. The summed E-state index contributed by atoms with van der Waals surface area (Å²) in [6.45, 7) is 2.66. The van der Waals surface area contributed by atoms with Gasteiger partial charge in [0.25, 0.3) is 0 Å². The van der Waals surface area contributed by atoms with Crippen LogP contribution < -0.4 is 5.32 Å². The topological polar surface area (TPSA) is 58.6 Å². The van der Waals surface area contributed by atoms with E-state index in [1.165, 1.54) is 7.11 Å². The minimum Gasteiger partial charge on any atom is -0.468 e. The number of nitrogens with one attached hydrogen (secondary N) is 1. The van der Waals surface area contributed by atoms with E-state index >= 15 is 0 Å². The van der Waals surface area contributed by atoms with Gasteiger partial charge in [-0.3, -0.25) is 4.79 Å². The molecule has 1 rings (SSSR count). The van der Waals surface area contributed by atoms with Crippen LogP contribution in [-0.2, 0) is 9.53 Å². The Morgan fingerprint density at radius 1 is 1.57 bits per heavy atom. The number of methoxy groups -OCH3 is 1. The maximum Gasteiger partial charge on any atom is 0.319 e. The van der Waals surface area contributed by atoms with Crippen molar-refractivity contribution < 1.29 is 14.6 Å². The molecular weight excluding hydrogens is 182 g/mol. The Morgan fingerprint density at radius 2 is 2.29 bits per heavy atom. The summed E-state index contributed by atoms with van der Waals surface area (Å²) >= 11 is 0. The third kappa shape index (κ3) is 2.96. The van der Waals surface area contributed by atoms with Gasteiger partial charge < -0.3 is 15.2 Å². The Hall–Kier alpha value is -0.610. The third-order valence-corrected chi connectivity index (χ3v) is 3.05. The Morgan fingerprint density at radius 3 is 2.79 bits per heavy atom. The number of carbonyl (C=O) groups excluding carboxylic acids is 1. The molecule has 2 N–H and O–H groups in total. The van der Waals surface area contributed by atoms with Gasteiger partial charge in [0, 0.05) is 12.6 Å². The van der Waals surface area contributed by atoms with Gasteiger partial charge in [-0.1, -0.05) is 6.92 Å². The van der Waals surface area contributed by atoms with Crippen molar-refractivity contribution in [2.45, 2.75) is 25.8 Å². The van der Waals surface area contributed by atoms with Gasteiger partial charge in [0.05, 0.1) is 13.7 Å². The number of ether oxygens (including phenoxy) is 1. The Balaban J connectivity index is 2.25. The minimum atomic E-state index is -0.231. The number of carbonyl (C=O) groups is 1. The van der Waals surface area contributed by atoms with E-state index in [9.17, 15) is 4.79 Å². The van der Waals surface area contributed by atoms with Crippen LogP contribution in [-0.4, -0.2) is 37.4 Å². The van der Waals surface area contributed by atoms with Crippen LogP contribution in [0.25, 0.3) is 0 Å². The van der Waals surface area contributed by atoms with Crippen molar-refractivity contribution in [2.24, 2.45) is 11.8 Å². The van der Waals surface area contributed by atoms with Crippen LogP contribution in [0.1, 0.15) is 19.8 Å². The number of esters is 1. The molecule has 1 aliphatic carbocycles. The SMILES string of the molecule is COC(=O)CNC1C[C@H](CO)[C@@H](C)C1. The van der Waals surface area contributed by atoms with E-state index in [0.717, 1.165) is 12.8 Å². The molecule has 0 heterocycles. The van der Waals surface area contributed by atoms with Gasteiger partial charge in [-0.15, -0.1) is 0 Å². The zero-order chi connectivity index (χ0) is 10.6. The van der Waals surface area contributed by atoms with Crippen LogP contribution in [0, 0.1) is 11.8 Å². The van der Waals surface area contributed by atoms with Crippen molar-refractivity contribution in [1.29, 1.82) is 0 Å². The molecule has 0 aromatic rings. The lowest BCUT2D eigenvalue weighted by Crippen LogP contribution is -2.32. The van der Waals surface area contributed by atoms with Crippen LogP contribution in [0.4, 0.5) is 0 Å². The van der Waals surface area contributed by atoms with Crippen molar-refractivity contribution in [2.75, 3.05) is 20.3 Å². The van der Waals surface area contributed by atoms with Gasteiger partial charge in [-0.05, 0) is 24.7 Å². The smallest absolute Gasteiger partial charge is 0.319 e. The number of aliphatic hydroxyl groups excluding tert-OH is 1. The van der Waals surface area contributed by atoms with Gasteiger partial charge in [-0.25, -0.2) is 0 Å². The highest BCUT2D eigenvalue weighted by atomic mass is 16.5. The molecule has 0 radical (unpaired) electrons. The second kappa shape index (κ2) is 5.32. The van der Waals surface area contributed by atoms with Gasteiger partial charge in [0.1, 0.15) is 0 Å². The van der Waals surface area contributed by atoms with Crippen LogP contribution in [0.3, 0.4) is 0 Å². The molecule has 0 aliphatic heterocycles. The standard InChI is InChI=1S/C10H19NO3/c1-7-3-9(4-8(7)6-12)11-5-10(13)14-2/h7-9,11-12H,3-6H2,1-2H3/t7-,8+,9?/m0/s1. The summed E-state index contributed by atoms with van der Waals surface area (Å²) < 4.78 is 4.54. The van der Waals surface area contributed by atoms with Crippen molar-refractivity contribution in [3.63, 3.8) is 0 Å². The maximum absolute atomic E-state index is 10.9. The molecule has 1 fully saturated rings. The van der Waals surface area contributed by atoms with Crippen molar-refractivity contribution >= 4 is 5.97 Å². The summed E-state index contributed by atoms with van der Waals surface area (Å²) in [6, 6.07) is 0.348. The molecule has 1 saturated carbocycles. The predicted molar refractivity (Wildman–Crippen MR) is 52.8 cm³/mol. The molecule has 0 spiro atoms. The fraction of sp³-hybridized carbons (Fsp3) is 0.900. The van der Waals surface area contributed by atoms with Crippen molar-refractivity contribution in [3.05, 3.63) is 0 Å². The molecule has 4 heteroatoms. The average Bonchev–Trinajstić information content (AvgIpc) is 2.55. The first-order valence-corrected chi connectivity index (χ1v) is 5.08. The molecule has 0 amide bonds. The first-order chi connectivity index (χ1) is 6.67. The van der Waals surface area contributed by atoms with E-state index in [1.54, 1.807) is 0 Å². The fourth-order valence-electron chi connectivity index (χ4n) is 2.06. The van der Waals surface area contributed by atoms with Gasteiger partial charge in [-0.2, -0.15) is 0 Å². The van der Waals surface area contributed by atoms with Gasteiger partial charge in [0.2, 0.25) is 0 Å². The summed E-state index contributed by atoms with van der Waals surface area (Å²) in [5.41, 5.74) is 0. The highest BCUT2D eigenvalue weighted by molar-refractivity contribution is 5.71. The zero-order valence-corrected chi connectivity index (χ0v) is 8.82. The normalized spacial score (nSPS) is 31.8. The van der Waals surface area contributed by atoms with E-state index in [-0.39, 0.29) is 19.1 Å². The first-order valence-electron chi connectivity index (χ1n) is 5.08. The molecule has 3 atom stereocenters. The molecule has 82 valence electrons. The predicted octanol–water partition coefficient (Wildman–Crippen LogP) is 0.156. The van der Waals surface area contributed by atoms with Crippen LogP contribution >= 0.6 is 0 Å². The molecule has 1 unspecified atom stereocenters. The average molecular weight is 201 g/mol. The Labute approximate surface area is 84.6 Å². The molecule has 4 nitrogen and oxygen atoms in total. The maximum atomic E-state index is 10.9. The van der Waals surface area contributed by atoms with Gasteiger partial charge in [0.15, 0.2) is 0 Å². The number of hydrogen-bond acceptors (Lipinski definition) is 4.